The molecule has 0 rings (SSSR count). The zero-order chi connectivity index (χ0) is 15.0. The van der Waals surface area contributed by atoms with E-state index in [1.807, 2.05) is 51.1 Å². The third-order valence-electron chi connectivity index (χ3n) is 1.08. The molecule has 19 heavy (non-hydrogen) atoms. The van der Waals surface area contributed by atoms with Crippen LogP contribution in [0.4, 0.5) is 0 Å². The van der Waals surface area contributed by atoms with Gasteiger partial charge in [-0.25, -0.2) is 0 Å². The molecule has 0 aliphatic carbocycles. The second-order valence-corrected chi connectivity index (χ2v) is 15.1. The summed E-state index contributed by atoms with van der Waals surface area (Å²) in [5.74, 6) is 1.45. The average Bonchev–Trinajstić information content (AvgIpc) is 2.10. The fraction of sp³-hybridized carbons (Fsp3) is 0.500. The van der Waals surface area contributed by atoms with Crippen molar-refractivity contribution in [3.8, 4) is 22.9 Å². The first-order valence-electron chi connectivity index (χ1n) is 5.32. The van der Waals surface area contributed by atoms with Gasteiger partial charge in [0.05, 0.1) is 0 Å². The average molecular weight is 307 g/mol. The van der Waals surface area contributed by atoms with Crippen molar-refractivity contribution in [3.05, 3.63) is 0 Å². The molecule has 0 saturated carbocycles. The minimum atomic E-state index is -1.50. The zero-order valence-electron chi connectivity index (χ0n) is 12.3. The SMILES string of the molecule is C[Si](C)(C)C#CC(=O)[O-].C[Si](C)(C)C#CC(=O)[O-].[Mg+2]. The molecular weight excluding hydrogens is 289 g/mol. The van der Waals surface area contributed by atoms with Gasteiger partial charge in [0.2, 0.25) is 0 Å². The van der Waals surface area contributed by atoms with Gasteiger partial charge in [-0.05, 0) is 0 Å². The number of carbonyl (C=O) groups is 2. The number of carboxylic acids is 2. The van der Waals surface area contributed by atoms with Crippen LogP contribution < -0.4 is 10.2 Å². The van der Waals surface area contributed by atoms with E-state index in [2.05, 4.69) is 11.1 Å². The van der Waals surface area contributed by atoms with Crippen molar-refractivity contribution < 1.29 is 19.8 Å². The normalized spacial score (nSPS) is 9.16. The van der Waals surface area contributed by atoms with Gasteiger partial charge in [0, 0.05) is 0 Å². The maximum Gasteiger partial charge on any atom is 2.00 e. The molecule has 0 aliphatic heterocycles. The minimum Gasteiger partial charge on any atom is -0.537 e. The maximum absolute atomic E-state index is 9.78. The Morgan fingerprint density at radius 1 is 0.737 bits per heavy atom. The van der Waals surface area contributed by atoms with Gasteiger partial charge in [-0.15, -0.1) is 11.1 Å². The van der Waals surface area contributed by atoms with Crippen LogP contribution in [0.1, 0.15) is 0 Å². The molecule has 0 aromatic heterocycles. The summed E-state index contributed by atoms with van der Waals surface area (Å²) in [5, 5.41) is 19.6. The molecular formula is C12H18MgO4Si2. The summed E-state index contributed by atoms with van der Waals surface area (Å²) in [6.07, 6.45) is 0. The van der Waals surface area contributed by atoms with E-state index in [0.29, 0.717) is 0 Å². The van der Waals surface area contributed by atoms with Crippen molar-refractivity contribution in [1.82, 2.24) is 0 Å². The molecule has 0 fully saturated rings. The molecule has 0 spiro atoms. The van der Waals surface area contributed by atoms with Crippen LogP contribution in [0.5, 0.6) is 0 Å². The van der Waals surface area contributed by atoms with Gasteiger partial charge in [-0.3, -0.25) is 0 Å². The number of aliphatic carboxylic acids is 2. The Morgan fingerprint density at radius 2 is 0.947 bits per heavy atom. The Labute approximate surface area is 133 Å². The summed E-state index contributed by atoms with van der Waals surface area (Å²) in [6.45, 7) is 11.9. The van der Waals surface area contributed by atoms with Crippen LogP contribution in [0.3, 0.4) is 0 Å². The van der Waals surface area contributed by atoms with Crippen LogP contribution in [-0.4, -0.2) is 51.1 Å². The molecule has 7 heteroatoms. The quantitative estimate of drug-likeness (QED) is 0.418. The third-order valence-corrected chi connectivity index (χ3v) is 2.83. The van der Waals surface area contributed by atoms with E-state index >= 15 is 0 Å². The molecule has 4 nitrogen and oxygen atoms in total. The van der Waals surface area contributed by atoms with Crippen molar-refractivity contribution in [1.29, 1.82) is 0 Å². The van der Waals surface area contributed by atoms with Crippen molar-refractivity contribution in [2.75, 3.05) is 0 Å². The zero-order valence-corrected chi connectivity index (χ0v) is 15.8. The van der Waals surface area contributed by atoms with Gasteiger partial charge in [0.1, 0.15) is 28.1 Å². The van der Waals surface area contributed by atoms with Crippen molar-refractivity contribution in [2.24, 2.45) is 0 Å². The number of carbonyl (C=O) groups excluding carboxylic acids is 2. The minimum absolute atomic E-state index is 0. The van der Waals surface area contributed by atoms with Gasteiger partial charge in [0.15, 0.2) is 0 Å². The molecule has 100 valence electrons. The molecule has 0 N–H and O–H groups in total. The Morgan fingerprint density at radius 3 is 1.00 bits per heavy atom. The van der Waals surface area contributed by atoms with Crippen molar-refractivity contribution >= 4 is 51.1 Å². The monoisotopic (exact) mass is 306 g/mol. The maximum atomic E-state index is 9.78. The molecule has 0 aromatic rings. The molecule has 0 amide bonds. The smallest absolute Gasteiger partial charge is 0.537 e. The van der Waals surface area contributed by atoms with E-state index < -0.39 is 28.1 Å². The van der Waals surface area contributed by atoms with Crippen LogP contribution in [0.25, 0.3) is 0 Å². The Kier molecular flexibility index (Phi) is 12.4. The van der Waals surface area contributed by atoms with E-state index in [1.54, 1.807) is 0 Å². The number of hydrogen-bond donors (Lipinski definition) is 0. The van der Waals surface area contributed by atoms with Crippen molar-refractivity contribution in [2.45, 2.75) is 39.3 Å². The number of hydrogen-bond acceptors (Lipinski definition) is 4. The topological polar surface area (TPSA) is 80.3 Å². The number of rotatable bonds is 0. The van der Waals surface area contributed by atoms with Crippen molar-refractivity contribution in [3.63, 3.8) is 0 Å². The first-order valence-corrected chi connectivity index (χ1v) is 12.3. The van der Waals surface area contributed by atoms with Gasteiger partial charge in [0.25, 0.3) is 0 Å². The van der Waals surface area contributed by atoms with Gasteiger partial charge < -0.3 is 19.8 Å². The Bertz CT molecular complexity index is 383. The van der Waals surface area contributed by atoms with Crippen LogP contribution in [0.15, 0.2) is 0 Å². The molecule has 0 aromatic carbocycles. The van der Waals surface area contributed by atoms with E-state index in [1.165, 1.54) is 0 Å². The first-order chi connectivity index (χ1) is 7.83. The summed E-state index contributed by atoms with van der Waals surface area (Å²) in [5.41, 5.74) is 5.30. The summed E-state index contributed by atoms with van der Waals surface area (Å²) >= 11 is 0. The first kappa shape index (κ1) is 23.4. The van der Waals surface area contributed by atoms with E-state index in [-0.39, 0.29) is 23.1 Å². The molecule has 0 unspecified atom stereocenters. The predicted molar refractivity (Wildman–Crippen MR) is 78.0 cm³/mol. The summed E-state index contributed by atoms with van der Waals surface area (Å²) in [6, 6.07) is 0. The van der Waals surface area contributed by atoms with Crippen LogP contribution in [0.2, 0.25) is 39.3 Å². The Balaban J connectivity index is -0.000000256. The largest absolute Gasteiger partial charge is 2.00 e. The van der Waals surface area contributed by atoms with Gasteiger partial charge in [-0.2, -0.15) is 0 Å². The number of carboxylic acid groups (broad SMARTS) is 2. The van der Waals surface area contributed by atoms with E-state index in [4.69, 9.17) is 0 Å². The standard InChI is InChI=1S/2C6H10O2Si.Mg/c2*1-9(2,3)5-4-6(7)8;/h2*1-3H3,(H,7,8);/q;;+2/p-2. The second kappa shape index (κ2) is 10.1. The second-order valence-electron chi connectivity index (χ2n) is 5.57. The molecule has 0 saturated heterocycles. The fourth-order valence-corrected chi connectivity index (χ4v) is 1.43. The van der Waals surface area contributed by atoms with Crippen LogP contribution in [-0.2, 0) is 9.59 Å². The van der Waals surface area contributed by atoms with Crippen LogP contribution >= 0.6 is 0 Å². The molecule has 0 heterocycles. The Hall–Kier alpha value is -0.740. The van der Waals surface area contributed by atoms with Gasteiger partial charge >= 0.3 is 23.1 Å². The van der Waals surface area contributed by atoms with E-state index in [0.717, 1.165) is 0 Å². The summed E-state index contributed by atoms with van der Waals surface area (Å²) < 4.78 is 0. The summed E-state index contributed by atoms with van der Waals surface area (Å²) in [4.78, 5) is 19.6. The van der Waals surface area contributed by atoms with E-state index in [9.17, 15) is 19.8 Å². The molecule has 0 bridgehead atoms. The summed E-state index contributed by atoms with van der Waals surface area (Å²) in [7, 11) is -3.00. The fourth-order valence-electron chi connectivity index (χ4n) is 0.477. The van der Waals surface area contributed by atoms with Crippen LogP contribution in [0, 0.1) is 22.9 Å². The predicted octanol–water partition coefficient (Wildman–Crippen LogP) is -1.15. The third kappa shape index (κ3) is 31.7. The molecule has 0 atom stereocenters. The molecule has 0 aliphatic rings. The molecule has 0 radical (unpaired) electrons. The van der Waals surface area contributed by atoms with Gasteiger partial charge in [-0.1, -0.05) is 51.1 Å².